The van der Waals surface area contributed by atoms with Gasteiger partial charge in [-0.15, -0.1) is 0 Å². The summed E-state index contributed by atoms with van der Waals surface area (Å²) in [5.74, 6) is 1.33. The number of hydrogen-bond donors (Lipinski definition) is 3. The van der Waals surface area contributed by atoms with Gasteiger partial charge in [0, 0.05) is 24.6 Å². The first kappa shape index (κ1) is 18.8. The molecule has 4 unspecified atom stereocenters. The third kappa shape index (κ3) is 4.05. The SMILES string of the molecule is C1=CC(C2NC(C3C=C(C4=NCC4)CCC3)NC(C3CCCCC3)N2)=CCC1. The Morgan fingerprint density at radius 1 is 0.857 bits per heavy atom. The van der Waals surface area contributed by atoms with E-state index in [-0.39, 0.29) is 6.17 Å². The summed E-state index contributed by atoms with van der Waals surface area (Å²) in [7, 11) is 0. The lowest BCUT2D eigenvalue weighted by Gasteiger charge is -2.46. The van der Waals surface area contributed by atoms with E-state index in [1.165, 1.54) is 87.5 Å². The molecule has 0 aromatic rings. The summed E-state index contributed by atoms with van der Waals surface area (Å²) in [6.45, 7) is 1.04. The van der Waals surface area contributed by atoms with Crippen LogP contribution in [0.5, 0.6) is 0 Å². The number of nitrogens with one attached hydrogen (secondary N) is 3. The Balaban J connectivity index is 1.36. The molecule has 1 saturated carbocycles. The highest BCUT2D eigenvalue weighted by molar-refractivity contribution is 6.03. The lowest BCUT2D eigenvalue weighted by molar-refractivity contribution is 0.121. The van der Waals surface area contributed by atoms with Crippen LogP contribution in [0.25, 0.3) is 0 Å². The summed E-state index contributed by atoms with van der Waals surface area (Å²) >= 11 is 0. The van der Waals surface area contributed by atoms with Gasteiger partial charge in [-0.1, -0.05) is 43.6 Å². The van der Waals surface area contributed by atoms with Gasteiger partial charge in [0.05, 0.1) is 18.5 Å². The third-order valence-electron chi connectivity index (χ3n) is 7.38. The molecule has 3 aliphatic carbocycles. The molecule has 0 radical (unpaired) electrons. The van der Waals surface area contributed by atoms with Gasteiger partial charge in [-0.25, -0.2) is 0 Å². The van der Waals surface area contributed by atoms with Gasteiger partial charge < -0.3 is 0 Å². The van der Waals surface area contributed by atoms with E-state index in [2.05, 4.69) is 45.2 Å². The van der Waals surface area contributed by atoms with E-state index in [4.69, 9.17) is 0 Å². The van der Waals surface area contributed by atoms with Crippen LogP contribution >= 0.6 is 0 Å². The van der Waals surface area contributed by atoms with Crippen molar-refractivity contribution in [3.63, 3.8) is 0 Å². The van der Waals surface area contributed by atoms with Gasteiger partial charge in [0.15, 0.2) is 0 Å². The predicted molar refractivity (Wildman–Crippen MR) is 116 cm³/mol. The largest absolute Gasteiger partial charge is 0.289 e. The van der Waals surface area contributed by atoms with Crippen LogP contribution in [0.4, 0.5) is 0 Å². The van der Waals surface area contributed by atoms with Gasteiger partial charge >= 0.3 is 0 Å². The molecule has 3 N–H and O–H groups in total. The topological polar surface area (TPSA) is 48.5 Å². The fraction of sp³-hybridized carbons (Fsp3) is 0.708. The van der Waals surface area contributed by atoms with Crippen LogP contribution in [-0.2, 0) is 0 Å². The molecular weight excluding hydrogens is 344 g/mol. The van der Waals surface area contributed by atoms with Crippen molar-refractivity contribution in [1.82, 2.24) is 16.0 Å². The molecule has 0 spiro atoms. The molecule has 0 aromatic carbocycles. The van der Waals surface area contributed by atoms with Gasteiger partial charge in [-0.2, -0.15) is 0 Å². The van der Waals surface area contributed by atoms with E-state index in [1.54, 1.807) is 0 Å². The maximum atomic E-state index is 4.63. The standard InChI is InChI=1S/C24H36N4/c1-3-8-17(9-4-1)22-26-23(18-10-5-2-6-11-18)28-24(27-22)20-13-7-12-19(16-20)21-14-15-25-21/h3,8-9,16,18,20,22-24,26-28H,1-2,4-7,10-15H2. The Bertz CT molecular complexity index is 683. The second-order valence-corrected chi connectivity index (χ2v) is 9.30. The first-order valence-corrected chi connectivity index (χ1v) is 11.8. The Morgan fingerprint density at radius 3 is 2.46 bits per heavy atom. The van der Waals surface area contributed by atoms with E-state index in [9.17, 15) is 0 Å². The molecule has 0 amide bonds. The van der Waals surface area contributed by atoms with Gasteiger partial charge in [0.2, 0.25) is 0 Å². The van der Waals surface area contributed by atoms with Crippen molar-refractivity contribution in [1.29, 1.82) is 0 Å². The molecule has 5 aliphatic rings. The van der Waals surface area contributed by atoms with Gasteiger partial charge in [0.25, 0.3) is 0 Å². The van der Waals surface area contributed by atoms with Crippen LogP contribution in [0.2, 0.25) is 0 Å². The van der Waals surface area contributed by atoms with E-state index < -0.39 is 0 Å². The summed E-state index contributed by atoms with van der Waals surface area (Å²) in [6, 6.07) is 0. The molecular formula is C24H36N4. The first-order chi connectivity index (χ1) is 13.9. The third-order valence-corrected chi connectivity index (χ3v) is 7.38. The molecule has 4 atom stereocenters. The molecule has 152 valence electrons. The van der Waals surface area contributed by atoms with Crippen LogP contribution in [-0.4, -0.2) is 30.8 Å². The predicted octanol–water partition coefficient (Wildman–Crippen LogP) is 4.18. The highest BCUT2D eigenvalue weighted by Gasteiger charge is 2.37. The zero-order valence-electron chi connectivity index (χ0n) is 17.1. The Labute approximate surface area is 170 Å². The minimum absolute atomic E-state index is 0.273. The second kappa shape index (κ2) is 8.64. The number of hydrogen-bond acceptors (Lipinski definition) is 4. The van der Waals surface area contributed by atoms with E-state index in [0.29, 0.717) is 18.2 Å². The van der Waals surface area contributed by atoms with Crippen molar-refractivity contribution in [2.75, 3.05) is 6.54 Å². The Kier molecular flexibility index (Phi) is 5.80. The smallest absolute Gasteiger partial charge is 0.0856 e. The lowest BCUT2D eigenvalue weighted by Crippen LogP contribution is -2.71. The molecule has 0 aromatic heterocycles. The first-order valence-electron chi connectivity index (χ1n) is 11.8. The Morgan fingerprint density at radius 2 is 1.71 bits per heavy atom. The van der Waals surface area contributed by atoms with Crippen LogP contribution < -0.4 is 16.0 Å². The highest BCUT2D eigenvalue weighted by Crippen LogP contribution is 2.32. The van der Waals surface area contributed by atoms with Gasteiger partial charge in [-0.3, -0.25) is 20.9 Å². The van der Waals surface area contributed by atoms with Crippen molar-refractivity contribution in [3.8, 4) is 0 Å². The van der Waals surface area contributed by atoms with Crippen molar-refractivity contribution in [3.05, 3.63) is 35.5 Å². The van der Waals surface area contributed by atoms with E-state index in [0.717, 1.165) is 12.5 Å². The second-order valence-electron chi connectivity index (χ2n) is 9.30. The average molecular weight is 381 g/mol. The normalized spacial score (nSPS) is 36.9. The summed E-state index contributed by atoms with van der Waals surface area (Å²) in [4.78, 5) is 4.63. The average Bonchev–Trinajstić information content (AvgIpc) is 2.74. The Hall–Kier alpha value is -1.23. The van der Waals surface area contributed by atoms with Crippen LogP contribution in [0, 0.1) is 11.8 Å². The molecule has 4 heteroatoms. The molecule has 2 heterocycles. The number of nitrogens with zero attached hydrogens (tertiary/aromatic N) is 1. The molecule has 28 heavy (non-hydrogen) atoms. The zero-order chi connectivity index (χ0) is 18.8. The molecule has 4 nitrogen and oxygen atoms in total. The number of aliphatic imine (C=N–C) groups is 1. The number of rotatable bonds is 4. The van der Waals surface area contributed by atoms with E-state index in [1.807, 2.05) is 0 Å². The van der Waals surface area contributed by atoms with Crippen molar-refractivity contribution < 1.29 is 0 Å². The maximum Gasteiger partial charge on any atom is 0.0856 e. The van der Waals surface area contributed by atoms with Gasteiger partial charge in [-0.05, 0) is 62.0 Å². The minimum Gasteiger partial charge on any atom is -0.289 e. The molecule has 5 rings (SSSR count). The van der Waals surface area contributed by atoms with Crippen LogP contribution in [0.3, 0.4) is 0 Å². The number of allylic oxidation sites excluding steroid dienone is 3. The molecule has 2 fully saturated rings. The van der Waals surface area contributed by atoms with Gasteiger partial charge in [0.1, 0.15) is 0 Å². The molecule has 1 saturated heterocycles. The van der Waals surface area contributed by atoms with E-state index >= 15 is 0 Å². The minimum atomic E-state index is 0.273. The fourth-order valence-corrected chi connectivity index (χ4v) is 5.67. The zero-order valence-corrected chi connectivity index (χ0v) is 17.1. The van der Waals surface area contributed by atoms with Crippen molar-refractivity contribution in [2.45, 2.75) is 89.1 Å². The maximum absolute atomic E-state index is 4.63. The van der Waals surface area contributed by atoms with Crippen LogP contribution in [0.1, 0.15) is 70.6 Å². The summed E-state index contributed by atoms with van der Waals surface area (Å²) < 4.78 is 0. The van der Waals surface area contributed by atoms with Crippen LogP contribution in [0.15, 0.2) is 40.4 Å². The molecule has 2 aliphatic heterocycles. The van der Waals surface area contributed by atoms with Crippen molar-refractivity contribution >= 4 is 5.71 Å². The fourth-order valence-electron chi connectivity index (χ4n) is 5.67. The highest BCUT2D eigenvalue weighted by atomic mass is 15.4. The summed E-state index contributed by atoms with van der Waals surface area (Å²) in [6.07, 6.45) is 25.0. The summed E-state index contributed by atoms with van der Waals surface area (Å²) in [5, 5.41) is 11.9. The molecule has 0 bridgehead atoms. The monoisotopic (exact) mass is 380 g/mol. The van der Waals surface area contributed by atoms with Crippen molar-refractivity contribution in [2.24, 2.45) is 16.8 Å². The quantitative estimate of drug-likeness (QED) is 0.686. The lowest BCUT2D eigenvalue weighted by atomic mass is 9.82. The summed E-state index contributed by atoms with van der Waals surface area (Å²) in [5.41, 5.74) is 4.35.